The van der Waals surface area contributed by atoms with Crippen molar-refractivity contribution in [2.24, 2.45) is 5.73 Å². The number of rotatable bonds is 1. The summed E-state index contributed by atoms with van der Waals surface area (Å²) < 4.78 is 10.1. The lowest BCUT2D eigenvalue weighted by atomic mass is 10.2. The lowest BCUT2D eigenvalue weighted by Crippen LogP contribution is -1.96. The molecule has 1 aromatic carbocycles. The second kappa shape index (κ2) is 3.72. The molecule has 0 amide bonds. The summed E-state index contributed by atoms with van der Waals surface area (Å²) in [5.41, 5.74) is 6.05. The average molecular weight is 204 g/mol. The lowest BCUT2D eigenvalue weighted by Gasteiger charge is -2.03. The highest BCUT2D eigenvalue weighted by molar-refractivity contribution is 5.85. The van der Waals surface area contributed by atoms with Crippen LogP contribution in [-0.4, -0.2) is 11.9 Å². The number of ether oxygens (including phenoxy) is 2. The number of nitrogens with two attached hydrogens (primary N) is 1. The summed E-state index contributed by atoms with van der Waals surface area (Å²) in [6, 6.07) is 3.47. The molecule has 0 bridgehead atoms. The van der Waals surface area contributed by atoms with Crippen LogP contribution >= 0.6 is 12.4 Å². The standard InChI is InChI=1S/C8H9NO3.ClH/c9-3-5-1-2-6-8(7(5)10)12-4-11-6;/h1-2,10H,3-4,9H2;1H. The Hall–Kier alpha value is -1.13. The van der Waals surface area contributed by atoms with Gasteiger partial charge < -0.3 is 20.3 Å². The van der Waals surface area contributed by atoms with Crippen LogP contribution in [0, 0.1) is 0 Å². The quantitative estimate of drug-likeness (QED) is 0.715. The van der Waals surface area contributed by atoms with E-state index in [0.717, 1.165) is 0 Å². The van der Waals surface area contributed by atoms with Crippen LogP contribution in [0.4, 0.5) is 0 Å². The number of fused-ring (bicyclic) bond motifs is 1. The molecule has 1 aliphatic heterocycles. The monoisotopic (exact) mass is 203 g/mol. The average Bonchev–Trinajstić information content (AvgIpc) is 2.53. The normalized spacial score (nSPS) is 12.4. The van der Waals surface area contributed by atoms with Crippen LogP contribution in [0.1, 0.15) is 5.56 Å². The van der Waals surface area contributed by atoms with Gasteiger partial charge in [0.05, 0.1) is 0 Å². The first-order valence-electron chi connectivity index (χ1n) is 3.63. The Kier molecular flexibility index (Phi) is 2.85. The van der Waals surface area contributed by atoms with Crippen LogP contribution < -0.4 is 15.2 Å². The van der Waals surface area contributed by atoms with Crippen molar-refractivity contribution in [1.29, 1.82) is 0 Å². The summed E-state index contributed by atoms with van der Waals surface area (Å²) in [5, 5.41) is 9.52. The molecule has 1 heterocycles. The van der Waals surface area contributed by atoms with Gasteiger partial charge in [0.15, 0.2) is 11.5 Å². The summed E-state index contributed by atoms with van der Waals surface area (Å²) in [5.74, 6) is 1.06. The van der Waals surface area contributed by atoms with Crippen LogP contribution in [0.3, 0.4) is 0 Å². The summed E-state index contributed by atoms with van der Waals surface area (Å²) in [6.45, 7) is 0.458. The second-order valence-electron chi connectivity index (χ2n) is 2.51. The highest BCUT2D eigenvalue weighted by Crippen LogP contribution is 2.41. The molecule has 0 fully saturated rings. The molecule has 0 spiro atoms. The van der Waals surface area contributed by atoms with Gasteiger partial charge in [0.25, 0.3) is 0 Å². The SMILES string of the molecule is Cl.NCc1ccc2c(c1O)OCO2. The van der Waals surface area contributed by atoms with Gasteiger partial charge in [0.1, 0.15) is 0 Å². The first kappa shape index (κ1) is 9.95. The minimum Gasteiger partial charge on any atom is -0.504 e. The van der Waals surface area contributed by atoms with Crippen molar-refractivity contribution in [2.45, 2.75) is 6.54 Å². The maximum absolute atomic E-state index is 9.52. The van der Waals surface area contributed by atoms with Crippen LogP contribution in [0.5, 0.6) is 17.2 Å². The molecule has 4 nitrogen and oxygen atoms in total. The molecule has 0 aliphatic carbocycles. The number of benzene rings is 1. The molecular formula is C8H10ClNO3. The van der Waals surface area contributed by atoms with E-state index in [4.69, 9.17) is 15.2 Å². The number of hydrogen-bond acceptors (Lipinski definition) is 4. The molecule has 1 aliphatic rings. The van der Waals surface area contributed by atoms with Gasteiger partial charge in [-0.25, -0.2) is 0 Å². The highest BCUT2D eigenvalue weighted by atomic mass is 35.5. The molecule has 0 atom stereocenters. The third-order valence-electron chi connectivity index (χ3n) is 1.82. The molecule has 0 aromatic heterocycles. The molecule has 5 heteroatoms. The van der Waals surface area contributed by atoms with Crippen LogP contribution in [0.15, 0.2) is 12.1 Å². The molecule has 13 heavy (non-hydrogen) atoms. The van der Waals surface area contributed by atoms with Gasteiger partial charge in [0.2, 0.25) is 12.5 Å². The van der Waals surface area contributed by atoms with E-state index in [1.807, 2.05) is 0 Å². The van der Waals surface area contributed by atoms with Crippen LogP contribution in [0.25, 0.3) is 0 Å². The Balaban J connectivity index is 0.000000845. The summed E-state index contributed by atoms with van der Waals surface area (Å²) in [7, 11) is 0. The molecular weight excluding hydrogens is 194 g/mol. The zero-order chi connectivity index (χ0) is 8.55. The van der Waals surface area contributed by atoms with Crippen molar-refractivity contribution in [3.63, 3.8) is 0 Å². The molecule has 0 saturated carbocycles. The third kappa shape index (κ3) is 1.50. The van der Waals surface area contributed by atoms with Crippen molar-refractivity contribution < 1.29 is 14.6 Å². The van der Waals surface area contributed by atoms with Crippen molar-refractivity contribution >= 4 is 12.4 Å². The van der Waals surface area contributed by atoms with Gasteiger partial charge in [-0.15, -0.1) is 12.4 Å². The molecule has 3 N–H and O–H groups in total. The van der Waals surface area contributed by atoms with Gasteiger partial charge in [-0.2, -0.15) is 0 Å². The van der Waals surface area contributed by atoms with Gasteiger partial charge in [-0.3, -0.25) is 0 Å². The topological polar surface area (TPSA) is 64.7 Å². The Morgan fingerprint density at radius 2 is 2.15 bits per heavy atom. The lowest BCUT2D eigenvalue weighted by molar-refractivity contribution is 0.171. The smallest absolute Gasteiger partial charge is 0.231 e. The van der Waals surface area contributed by atoms with Crippen molar-refractivity contribution in [3.05, 3.63) is 17.7 Å². The summed E-state index contributed by atoms with van der Waals surface area (Å²) in [6.07, 6.45) is 0. The number of aromatic hydroxyl groups is 1. The van der Waals surface area contributed by atoms with E-state index in [9.17, 15) is 5.11 Å². The Labute approximate surface area is 81.7 Å². The largest absolute Gasteiger partial charge is 0.504 e. The van der Waals surface area contributed by atoms with E-state index in [2.05, 4.69) is 0 Å². The zero-order valence-corrected chi connectivity index (χ0v) is 7.63. The van der Waals surface area contributed by atoms with E-state index < -0.39 is 0 Å². The minimum atomic E-state index is 0. The van der Waals surface area contributed by atoms with E-state index in [1.165, 1.54) is 0 Å². The predicted octanol–water partition coefficient (Wildman–Crippen LogP) is 1.00. The third-order valence-corrected chi connectivity index (χ3v) is 1.82. The van der Waals surface area contributed by atoms with E-state index in [0.29, 0.717) is 23.6 Å². The van der Waals surface area contributed by atoms with E-state index in [-0.39, 0.29) is 24.9 Å². The minimum absolute atomic E-state index is 0. The highest BCUT2D eigenvalue weighted by Gasteiger charge is 2.19. The van der Waals surface area contributed by atoms with Gasteiger partial charge in [-0.1, -0.05) is 6.07 Å². The van der Waals surface area contributed by atoms with Crippen molar-refractivity contribution in [3.8, 4) is 17.2 Å². The number of phenolic OH excluding ortho intramolecular Hbond substituents is 1. The van der Waals surface area contributed by atoms with Gasteiger partial charge in [0, 0.05) is 12.1 Å². The first-order valence-corrected chi connectivity index (χ1v) is 3.63. The van der Waals surface area contributed by atoms with Crippen molar-refractivity contribution in [2.75, 3.05) is 6.79 Å². The summed E-state index contributed by atoms with van der Waals surface area (Å²) in [4.78, 5) is 0. The maximum Gasteiger partial charge on any atom is 0.231 e. The first-order chi connectivity index (χ1) is 5.83. The number of phenols is 1. The molecule has 0 saturated heterocycles. The molecule has 1 aromatic rings. The Bertz CT molecular complexity index is 317. The Morgan fingerprint density at radius 3 is 2.85 bits per heavy atom. The number of hydrogen-bond donors (Lipinski definition) is 2. The van der Waals surface area contributed by atoms with Crippen LogP contribution in [-0.2, 0) is 6.54 Å². The predicted molar refractivity (Wildman–Crippen MR) is 49.4 cm³/mol. The van der Waals surface area contributed by atoms with Crippen LogP contribution in [0.2, 0.25) is 0 Å². The molecule has 0 radical (unpaired) electrons. The molecule has 2 rings (SSSR count). The maximum atomic E-state index is 9.52. The van der Waals surface area contributed by atoms with Gasteiger partial charge in [-0.05, 0) is 6.07 Å². The molecule has 0 unspecified atom stereocenters. The Morgan fingerprint density at radius 1 is 1.38 bits per heavy atom. The zero-order valence-electron chi connectivity index (χ0n) is 6.82. The van der Waals surface area contributed by atoms with E-state index >= 15 is 0 Å². The van der Waals surface area contributed by atoms with Crippen molar-refractivity contribution in [1.82, 2.24) is 0 Å². The summed E-state index contributed by atoms with van der Waals surface area (Å²) >= 11 is 0. The van der Waals surface area contributed by atoms with E-state index in [1.54, 1.807) is 12.1 Å². The fourth-order valence-corrected chi connectivity index (χ4v) is 1.16. The fraction of sp³-hybridized carbons (Fsp3) is 0.250. The fourth-order valence-electron chi connectivity index (χ4n) is 1.16. The second-order valence-corrected chi connectivity index (χ2v) is 2.51. The number of halogens is 1. The van der Waals surface area contributed by atoms with Gasteiger partial charge >= 0.3 is 0 Å². The molecule has 72 valence electrons.